The van der Waals surface area contributed by atoms with Gasteiger partial charge < -0.3 is 4.55 Å². The smallest absolute Gasteiger partial charge is 0.166 e. The molecule has 1 aromatic heterocycles. The highest BCUT2D eigenvalue weighted by molar-refractivity contribution is 7.87. The minimum Gasteiger partial charge on any atom is -0.747 e. The normalized spacial score (nSPS) is 20.0. The minimum absolute atomic E-state index is 0.184. The molecule has 0 radical (unpaired) electrons. The number of H-pyrrole nitrogens is 1. The zero-order valence-corrected chi connectivity index (χ0v) is 20.8. The number of hydrogen-bond donors (Lipinski definition) is 0. The van der Waals surface area contributed by atoms with Crippen LogP contribution in [0.5, 0.6) is 0 Å². The van der Waals surface area contributed by atoms with Crippen molar-refractivity contribution in [2.45, 2.75) is 103 Å². The Morgan fingerprint density at radius 3 is 1.74 bits per heavy atom. The van der Waals surface area contributed by atoms with Crippen LogP contribution in [0, 0.1) is 5.41 Å². The Bertz CT molecular complexity index is 742. The minimum atomic E-state index is -4.40. The first-order chi connectivity index (χ1) is 14.6. The largest absolute Gasteiger partial charge is 0.747 e. The second-order valence-electron chi connectivity index (χ2n) is 9.33. The Morgan fingerprint density at radius 1 is 0.839 bits per heavy atom. The molecule has 4 nitrogen and oxygen atoms in total. The summed E-state index contributed by atoms with van der Waals surface area (Å²) in [4.78, 5) is 2.89. The topological polar surface area (TPSA) is 71.3 Å². The van der Waals surface area contributed by atoms with Crippen molar-refractivity contribution in [1.82, 2.24) is 0 Å². The van der Waals surface area contributed by atoms with E-state index in [1.807, 2.05) is 56.6 Å². The molecule has 1 N–H and O–H groups in total. The average Bonchev–Trinajstić information content (AvgIpc) is 2.71. The molecule has 0 spiro atoms. The maximum Gasteiger partial charge on any atom is 0.166 e. The van der Waals surface area contributed by atoms with E-state index in [2.05, 4.69) is 11.9 Å². The summed E-state index contributed by atoms with van der Waals surface area (Å²) in [5.74, 6) is 0. The van der Waals surface area contributed by atoms with E-state index in [4.69, 9.17) is 0 Å². The van der Waals surface area contributed by atoms with Crippen molar-refractivity contribution in [3.8, 4) is 0 Å². The lowest BCUT2D eigenvalue weighted by Crippen LogP contribution is -2.40. The Balaban J connectivity index is 0.000000683. The number of unbranched alkanes of at least 4 members (excludes halogenated alkanes) is 9. The predicted molar refractivity (Wildman–Crippen MR) is 129 cm³/mol. The van der Waals surface area contributed by atoms with E-state index in [0.29, 0.717) is 12.0 Å². The van der Waals surface area contributed by atoms with Crippen LogP contribution in [0.4, 0.5) is 0 Å². The molecule has 1 unspecified atom stereocenters. The Hall–Kier alpha value is -1.46. The van der Waals surface area contributed by atoms with Crippen molar-refractivity contribution < 1.29 is 18.0 Å². The van der Waals surface area contributed by atoms with Crippen LogP contribution in [-0.2, 0) is 10.1 Å². The molecule has 1 aliphatic rings. The van der Waals surface area contributed by atoms with Crippen LogP contribution in [0.25, 0.3) is 0 Å². The molecular formula is C26H43NO3S. The highest BCUT2D eigenvalue weighted by atomic mass is 32.2. The molecule has 0 saturated heterocycles. The molecule has 176 valence electrons. The zero-order valence-electron chi connectivity index (χ0n) is 20.0. The van der Waals surface area contributed by atoms with E-state index >= 15 is 0 Å². The maximum atomic E-state index is 12.0. The lowest BCUT2D eigenvalue weighted by Gasteiger charge is -2.39. The molecule has 0 saturated carbocycles. The number of aromatic nitrogens is 1. The summed E-state index contributed by atoms with van der Waals surface area (Å²) in [5.41, 5.74) is 0.502. The molecular weight excluding hydrogens is 406 g/mol. The zero-order chi connectivity index (χ0) is 23.2. The molecule has 0 bridgehead atoms. The van der Waals surface area contributed by atoms with Gasteiger partial charge in [-0.1, -0.05) is 115 Å². The number of pyridine rings is 1. The quantitative estimate of drug-likeness (QED) is 0.204. The van der Waals surface area contributed by atoms with E-state index in [9.17, 15) is 13.0 Å². The van der Waals surface area contributed by atoms with Gasteiger partial charge in [0.25, 0.3) is 0 Å². The van der Waals surface area contributed by atoms with Gasteiger partial charge in [0.05, 0.1) is 4.75 Å². The number of hydrogen-bond acceptors (Lipinski definition) is 3. The number of rotatable bonds is 12. The summed E-state index contributed by atoms with van der Waals surface area (Å²) < 4.78 is 34.6. The van der Waals surface area contributed by atoms with Crippen molar-refractivity contribution in [2.24, 2.45) is 5.41 Å². The third-order valence-electron chi connectivity index (χ3n) is 5.99. The van der Waals surface area contributed by atoms with E-state index in [1.54, 1.807) is 13.0 Å². The fraction of sp³-hybridized carbons (Fsp3) is 0.654. The molecule has 2 rings (SSSR count). The molecule has 31 heavy (non-hydrogen) atoms. The van der Waals surface area contributed by atoms with Crippen LogP contribution in [0.2, 0.25) is 0 Å². The lowest BCUT2D eigenvalue weighted by atomic mass is 9.79. The molecule has 1 aromatic rings. The first-order valence-corrected chi connectivity index (χ1v) is 13.3. The van der Waals surface area contributed by atoms with Crippen LogP contribution < -0.4 is 4.98 Å². The summed E-state index contributed by atoms with van der Waals surface area (Å²) >= 11 is 0. The van der Waals surface area contributed by atoms with Gasteiger partial charge in [-0.2, -0.15) is 0 Å². The van der Waals surface area contributed by atoms with Crippen LogP contribution in [-0.4, -0.2) is 17.7 Å². The second kappa shape index (κ2) is 13.8. The van der Waals surface area contributed by atoms with Gasteiger partial charge in [-0.25, -0.2) is 13.4 Å². The SMILES string of the molecule is CCCCCCCCCCCCC1(S(=O)(=O)[O-])C=CC(C)(C)C=C1C.c1cc[nH+]cc1. The van der Waals surface area contributed by atoms with E-state index in [0.717, 1.165) is 19.3 Å². The van der Waals surface area contributed by atoms with Crippen molar-refractivity contribution in [1.29, 1.82) is 0 Å². The van der Waals surface area contributed by atoms with E-state index in [-0.39, 0.29) is 5.41 Å². The Labute approximate surface area is 191 Å². The maximum absolute atomic E-state index is 12.0. The molecule has 0 aromatic carbocycles. The fourth-order valence-corrected chi connectivity index (χ4v) is 5.19. The van der Waals surface area contributed by atoms with Gasteiger partial charge in [-0.3, -0.25) is 0 Å². The predicted octanol–water partition coefficient (Wildman–Crippen LogP) is 6.62. The standard InChI is InChI=1S/C21H38O3S.C5H5N/c1-5-6-7-8-9-10-11-12-13-14-15-21(25(22,23)24)17-16-20(3,4)18-19(21)2;1-2-4-6-5-3-1/h16-18H,5-15H2,1-4H3,(H,22,23,24);1-5H. The third kappa shape index (κ3) is 10.1. The lowest BCUT2D eigenvalue weighted by molar-refractivity contribution is -0.377. The number of nitrogens with one attached hydrogen (secondary N) is 1. The molecule has 0 amide bonds. The van der Waals surface area contributed by atoms with Crippen molar-refractivity contribution >= 4 is 10.1 Å². The van der Waals surface area contributed by atoms with Gasteiger partial charge in [0.1, 0.15) is 10.1 Å². The average molecular weight is 450 g/mol. The first-order valence-electron chi connectivity index (χ1n) is 11.9. The molecule has 0 aliphatic heterocycles. The summed E-state index contributed by atoms with van der Waals surface area (Å²) in [6, 6.07) is 5.86. The van der Waals surface area contributed by atoms with Gasteiger partial charge in [0, 0.05) is 17.5 Å². The van der Waals surface area contributed by atoms with Crippen LogP contribution in [0.1, 0.15) is 98.3 Å². The van der Waals surface area contributed by atoms with Gasteiger partial charge in [-0.15, -0.1) is 0 Å². The third-order valence-corrected chi connectivity index (χ3v) is 7.55. The van der Waals surface area contributed by atoms with Crippen LogP contribution in [0.3, 0.4) is 0 Å². The Morgan fingerprint density at radius 2 is 1.35 bits per heavy atom. The second-order valence-corrected chi connectivity index (χ2v) is 11.0. The fourth-order valence-electron chi connectivity index (χ4n) is 4.11. The first kappa shape index (κ1) is 27.6. The number of aromatic amines is 1. The number of allylic oxidation sites excluding steroid dienone is 2. The van der Waals surface area contributed by atoms with E-state index in [1.165, 1.54) is 44.9 Å². The summed E-state index contributed by atoms with van der Waals surface area (Å²) in [6.07, 6.45) is 21.6. The monoisotopic (exact) mass is 449 g/mol. The Kier molecular flexibility index (Phi) is 12.3. The molecule has 1 aliphatic carbocycles. The van der Waals surface area contributed by atoms with Crippen molar-refractivity contribution in [3.05, 3.63) is 54.4 Å². The van der Waals surface area contributed by atoms with Crippen molar-refractivity contribution in [2.75, 3.05) is 0 Å². The molecule has 5 heteroatoms. The van der Waals surface area contributed by atoms with Gasteiger partial charge in [-0.05, 0) is 13.3 Å². The highest BCUT2D eigenvalue weighted by Crippen LogP contribution is 2.41. The van der Waals surface area contributed by atoms with Crippen LogP contribution >= 0.6 is 0 Å². The van der Waals surface area contributed by atoms with Gasteiger partial charge >= 0.3 is 0 Å². The van der Waals surface area contributed by atoms with Crippen LogP contribution in [0.15, 0.2) is 54.4 Å². The van der Waals surface area contributed by atoms with Gasteiger partial charge in [0.15, 0.2) is 12.4 Å². The molecule has 0 fully saturated rings. The summed E-state index contributed by atoms with van der Waals surface area (Å²) in [5, 5.41) is 0. The summed E-state index contributed by atoms with van der Waals surface area (Å²) in [7, 11) is -4.40. The highest BCUT2D eigenvalue weighted by Gasteiger charge is 2.39. The molecule has 1 heterocycles. The van der Waals surface area contributed by atoms with Crippen molar-refractivity contribution in [3.63, 3.8) is 0 Å². The van der Waals surface area contributed by atoms with Gasteiger partial charge in [0.2, 0.25) is 0 Å². The molecule has 1 atom stereocenters. The summed E-state index contributed by atoms with van der Waals surface area (Å²) in [6.45, 7) is 8.06. The van der Waals surface area contributed by atoms with E-state index < -0.39 is 14.9 Å².